The molecule has 6 aliphatic rings. The lowest BCUT2D eigenvalue weighted by Gasteiger charge is -2.32. The summed E-state index contributed by atoms with van der Waals surface area (Å²) in [7, 11) is 0. The summed E-state index contributed by atoms with van der Waals surface area (Å²) in [6, 6.07) is 14.8. The topological polar surface area (TPSA) is 164 Å². The van der Waals surface area contributed by atoms with Crippen molar-refractivity contribution in [3.63, 3.8) is 0 Å². The number of alkyl halides is 6. The van der Waals surface area contributed by atoms with Crippen molar-refractivity contribution in [2.45, 2.75) is 113 Å². The SMILES string of the molecule is C[C@H](N(Cc1ccc(F)cc1)C(=O)CN1C(=O)NC2(CCc3c(C4=CCNCC4)cccc32)C1=O)C(F)(F)F.C[C@H](N(Cc1ccc(F)cc1)C(=O)CN1C(=O)NC2(CCc3c(C4CCNCC4)cccc32)C1=O)C(F)(F)F. The van der Waals surface area contributed by atoms with Crippen LogP contribution in [0.15, 0.2) is 91.0 Å². The number of urea groups is 2. The Balaban J connectivity index is 0.000000190. The molecular formula is C56H58F8N8O6. The van der Waals surface area contributed by atoms with Crippen LogP contribution in [0.3, 0.4) is 0 Å². The Hall–Kier alpha value is -7.20. The van der Waals surface area contributed by atoms with Crippen LogP contribution in [-0.2, 0) is 56.2 Å². The average molecular weight is 1090 g/mol. The second kappa shape index (κ2) is 21.9. The van der Waals surface area contributed by atoms with Crippen LogP contribution < -0.4 is 21.3 Å². The normalized spacial score (nSPS) is 21.9. The quantitative estimate of drug-likeness (QED) is 0.0824. The van der Waals surface area contributed by atoms with Gasteiger partial charge in [0.2, 0.25) is 11.8 Å². The van der Waals surface area contributed by atoms with Gasteiger partial charge in [0.25, 0.3) is 11.8 Å². The lowest BCUT2D eigenvalue weighted by Crippen LogP contribution is -2.51. The average Bonchev–Trinajstić information content (AvgIpc) is 4.35. The lowest BCUT2D eigenvalue weighted by atomic mass is 9.84. The summed E-state index contributed by atoms with van der Waals surface area (Å²) in [5.74, 6) is -4.17. The van der Waals surface area contributed by atoms with Crippen molar-refractivity contribution in [3.05, 3.63) is 147 Å². The first kappa shape index (κ1) is 55.6. The molecule has 2 aliphatic carbocycles. The van der Waals surface area contributed by atoms with Gasteiger partial charge >= 0.3 is 24.4 Å². The molecule has 2 unspecified atom stereocenters. The predicted octanol–water partition coefficient (Wildman–Crippen LogP) is 7.84. The summed E-state index contributed by atoms with van der Waals surface area (Å²) in [6.45, 7) is 2.42. The van der Waals surface area contributed by atoms with E-state index in [9.17, 15) is 63.9 Å². The third-order valence-electron chi connectivity index (χ3n) is 16.0. The molecule has 414 valence electrons. The van der Waals surface area contributed by atoms with Gasteiger partial charge in [-0.25, -0.2) is 18.4 Å². The van der Waals surface area contributed by atoms with Gasteiger partial charge in [-0.15, -0.1) is 0 Å². The second-order valence-corrected chi connectivity index (χ2v) is 20.6. The highest BCUT2D eigenvalue weighted by Crippen LogP contribution is 2.47. The van der Waals surface area contributed by atoms with E-state index in [1.807, 2.05) is 24.3 Å². The summed E-state index contributed by atoms with van der Waals surface area (Å²) in [5, 5.41) is 12.1. The molecule has 0 radical (unpaired) electrons. The van der Waals surface area contributed by atoms with E-state index in [0.29, 0.717) is 57.4 Å². The molecule has 3 saturated heterocycles. The zero-order chi connectivity index (χ0) is 55.9. The Morgan fingerprint density at radius 2 is 1.08 bits per heavy atom. The van der Waals surface area contributed by atoms with Gasteiger partial charge in [0, 0.05) is 19.6 Å². The first-order valence-electron chi connectivity index (χ1n) is 25.9. The number of imide groups is 2. The zero-order valence-corrected chi connectivity index (χ0v) is 42.8. The van der Waals surface area contributed by atoms with Gasteiger partial charge in [0.1, 0.15) is 47.9 Å². The molecule has 0 bridgehead atoms. The van der Waals surface area contributed by atoms with E-state index in [4.69, 9.17) is 0 Å². The minimum atomic E-state index is -4.75. The summed E-state index contributed by atoms with van der Waals surface area (Å²) in [5.41, 5.74) is 4.51. The Kier molecular flexibility index (Phi) is 15.6. The molecule has 4 aromatic carbocycles. The van der Waals surface area contributed by atoms with E-state index in [-0.39, 0.29) is 11.1 Å². The molecule has 3 fully saturated rings. The molecule has 4 aromatic rings. The van der Waals surface area contributed by atoms with Crippen LogP contribution in [0.25, 0.3) is 5.57 Å². The molecule has 0 saturated carbocycles. The Labute approximate surface area is 444 Å². The van der Waals surface area contributed by atoms with Crippen LogP contribution in [0.2, 0.25) is 0 Å². The fraction of sp³-hybridized carbons (Fsp3) is 0.429. The molecular weight excluding hydrogens is 1030 g/mol. The summed E-state index contributed by atoms with van der Waals surface area (Å²) in [4.78, 5) is 82.4. The fourth-order valence-electron chi connectivity index (χ4n) is 11.6. The maximum absolute atomic E-state index is 13.7. The van der Waals surface area contributed by atoms with Gasteiger partial charge in [-0.3, -0.25) is 29.0 Å². The van der Waals surface area contributed by atoms with Gasteiger partial charge < -0.3 is 31.1 Å². The maximum Gasteiger partial charge on any atom is 0.408 e. The van der Waals surface area contributed by atoms with Crippen molar-refractivity contribution in [1.29, 1.82) is 0 Å². The number of rotatable bonds is 12. The molecule has 8 amide bonds. The minimum Gasteiger partial charge on any atom is -0.325 e. The minimum absolute atomic E-state index is 0.277. The fourth-order valence-corrected chi connectivity index (χ4v) is 11.6. The van der Waals surface area contributed by atoms with E-state index in [1.54, 1.807) is 6.07 Å². The number of carbonyl (C=O) groups is 6. The number of fused-ring (bicyclic) bond motifs is 4. The number of nitrogens with one attached hydrogen (secondary N) is 4. The molecule has 4 N–H and O–H groups in total. The molecule has 4 atom stereocenters. The van der Waals surface area contributed by atoms with Gasteiger partial charge in [0.05, 0.1) is 0 Å². The third kappa shape index (κ3) is 10.8. The maximum atomic E-state index is 13.7. The van der Waals surface area contributed by atoms with Crippen molar-refractivity contribution in [3.8, 4) is 0 Å². The summed E-state index contributed by atoms with van der Waals surface area (Å²) >= 11 is 0. The summed E-state index contributed by atoms with van der Waals surface area (Å²) < 4.78 is 109. The van der Waals surface area contributed by atoms with Crippen molar-refractivity contribution >= 4 is 41.3 Å². The van der Waals surface area contributed by atoms with E-state index < -0.39 is 109 Å². The van der Waals surface area contributed by atoms with E-state index in [1.165, 1.54) is 24.3 Å². The summed E-state index contributed by atoms with van der Waals surface area (Å²) in [6.07, 6.45) is -2.93. The monoisotopic (exact) mass is 1090 g/mol. The van der Waals surface area contributed by atoms with Crippen LogP contribution >= 0.6 is 0 Å². The number of amides is 8. The Morgan fingerprint density at radius 3 is 1.54 bits per heavy atom. The molecule has 0 aromatic heterocycles. The van der Waals surface area contributed by atoms with Crippen LogP contribution in [0, 0.1) is 11.6 Å². The third-order valence-corrected chi connectivity index (χ3v) is 16.0. The van der Waals surface area contributed by atoms with E-state index in [2.05, 4.69) is 33.4 Å². The van der Waals surface area contributed by atoms with Gasteiger partial charge in [-0.1, -0.05) is 66.7 Å². The first-order chi connectivity index (χ1) is 37.0. The number of halogens is 8. The number of benzene rings is 4. The van der Waals surface area contributed by atoms with Crippen LogP contribution in [0.1, 0.15) is 96.4 Å². The standard InChI is InChI=1S/C28H30F4N4O3.C28H28F4N4O3/c2*1-17(28(30,31)32)35(15-18-5-7-20(29)8-6-18)24(37)16-36-25(38)27(34-26(36)39)12-9-22-21(3-2-4-23(22)27)19-10-13-33-14-11-19/h2-8,17,19,33H,9-16H2,1H3,(H,34,39);2-8,10,17,33H,9,11-16H2,1H3,(H,34,39)/t2*17-,27?/m00/s1. The number of hydrogen-bond acceptors (Lipinski definition) is 8. The molecule has 14 nitrogen and oxygen atoms in total. The molecule has 22 heteroatoms. The second-order valence-electron chi connectivity index (χ2n) is 20.6. The molecule has 10 rings (SSSR count). The highest BCUT2D eigenvalue weighted by molar-refractivity contribution is 6.11. The lowest BCUT2D eigenvalue weighted by molar-refractivity contribution is -0.187. The predicted molar refractivity (Wildman–Crippen MR) is 269 cm³/mol. The Morgan fingerprint density at radius 1 is 0.615 bits per heavy atom. The molecule has 4 heterocycles. The van der Waals surface area contributed by atoms with Gasteiger partial charge in [-0.2, -0.15) is 26.3 Å². The van der Waals surface area contributed by atoms with Crippen molar-refractivity contribution in [2.24, 2.45) is 0 Å². The van der Waals surface area contributed by atoms with Gasteiger partial charge in [0.15, 0.2) is 0 Å². The molecule has 2 spiro atoms. The highest BCUT2D eigenvalue weighted by atomic mass is 19.4. The largest absolute Gasteiger partial charge is 0.408 e. The smallest absolute Gasteiger partial charge is 0.325 e. The number of piperidine rings is 1. The zero-order valence-electron chi connectivity index (χ0n) is 42.8. The van der Waals surface area contributed by atoms with E-state index >= 15 is 0 Å². The highest BCUT2D eigenvalue weighted by Gasteiger charge is 2.58. The Bertz CT molecular complexity index is 3020. The van der Waals surface area contributed by atoms with Gasteiger partial charge in [-0.05, 0) is 159 Å². The van der Waals surface area contributed by atoms with E-state index in [0.717, 1.165) is 116 Å². The molecule has 4 aliphatic heterocycles. The van der Waals surface area contributed by atoms with Crippen LogP contribution in [0.5, 0.6) is 0 Å². The number of hydrogen-bond donors (Lipinski definition) is 4. The first-order valence-corrected chi connectivity index (χ1v) is 25.9. The van der Waals surface area contributed by atoms with Crippen molar-refractivity contribution in [2.75, 3.05) is 39.3 Å². The van der Waals surface area contributed by atoms with Crippen molar-refractivity contribution < 1.29 is 63.9 Å². The van der Waals surface area contributed by atoms with Crippen LogP contribution in [0.4, 0.5) is 44.7 Å². The van der Waals surface area contributed by atoms with Crippen LogP contribution in [-0.4, -0.2) is 119 Å². The molecule has 78 heavy (non-hydrogen) atoms. The number of carbonyl (C=O) groups excluding carboxylic acids is 6. The number of nitrogens with zero attached hydrogens (tertiary/aromatic N) is 4. The van der Waals surface area contributed by atoms with Crippen molar-refractivity contribution in [1.82, 2.24) is 40.9 Å².